The van der Waals surface area contributed by atoms with E-state index in [1.54, 1.807) is 0 Å². The highest BCUT2D eigenvalue weighted by molar-refractivity contribution is 7.46. The number of hydrogen-bond donors (Lipinski definition) is 2. The van der Waals surface area contributed by atoms with Gasteiger partial charge in [0.1, 0.15) is 0 Å². The van der Waals surface area contributed by atoms with E-state index in [9.17, 15) is 0 Å². The summed E-state index contributed by atoms with van der Waals surface area (Å²) in [7, 11) is -1.75. The maximum atomic E-state index is 8.83. The van der Waals surface area contributed by atoms with Crippen molar-refractivity contribution in [1.82, 2.24) is 0 Å². The molecule has 0 unspecified atom stereocenters. The van der Waals surface area contributed by atoms with Crippen molar-refractivity contribution >= 4 is 8.38 Å². The third-order valence-electron chi connectivity index (χ3n) is 1.40. The molecule has 0 rings (SSSR count). The molecule has 0 radical (unpaired) electrons. The second-order valence-corrected chi connectivity index (χ2v) is 4.64. The third-order valence-corrected chi connectivity index (χ3v) is 2.71. The first-order chi connectivity index (χ1) is 4.00. The van der Waals surface area contributed by atoms with Gasteiger partial charge in [-0.15, -0.1) is 0 Å². The van der Waals surface area contributed by atoms with E-state index in [-0.39, 0.29) is 5.16 Å². The fraction of sp³-hybridized carbons (Fsp3) is 1.00. The lowest BCUT2D eigenvalue weighted by molar-refractivity contribution is 0.423. The zero-order valence-electron chi connectivity index (χ0n) is 6.26. The Morgan fingerprint density at radius 3 is 1.89 bits per heavy atom. The van der Waals surface area contributed by atoms with Gasteiger partial charge in [-0.1, -0.05) is 27.2 Å². The van der Waals surface area contributed by atoms with Gasteiger partial charge in [-0.2, -0.15) is 0 Å². The topological polar surface area (TPSA) is 40.5 Å². The molecule has 0 bridgehead atoms. The standard InChI is InChI=1S/C6H15O2P/c1-4-5-6(2,3)9(7)8/h7-8H,4-5H2,1-3H3. The molecule has 2 nitrogen and oxygen atoms in total. The highest BCUT2D eigenvalue weighted by atomic mass is 31.2. The maximum Gasteiger partial charge on any atom is 0.171 e. The highest BCUT2D eigenvalue weighted by Gasteiger charge is 2.25. The zero-order chi connectivity index (χ0) is 7.49. The molecule has 9 heavy (non-hydrogen) atoms. The molecule has 0 aromatic carbocycles. The van der Waals surface area contributed by atoms with Crippen molar-refractivity contribution in [2.75, 3.05) is 0 Å². The van der Waals surface area contributed by atoms with Crippen molar-refractivity contribution in [3.63, 3.8) is 0 Å². The van der Waals surface area contributed by atoms with E-state index in [0.29, 0.717) is 0 Å². The van der Waals surface area contributed by atoms with Gasteiger partial charge in [0.15, 0.2) is 8.38 Å². The molecule has 0 fully saturated rings. The monoisotopic (exact) mass is 150 g/mol. The third kappa shape index (κ3) is 3.14. The minimum Gasteiger partial charge on any atom is -0.350 e. The highest BCUT2D eigenvalue weighted by Crippen LogP contribution is 2.44. The molecular formula is C6H15O2P. The SMILES string of the molecule is CCCC(C)(C)P(O)O. The first-order valence-electron chi connectivity index (χ1n) is 3.18. The molecule has 0 spiro atoms. The Kier molecular flexibility index (Phi) is 3.64. The lowest BCUT2D eigenvalue weighted by atomic mass is 10.1. The van der Waals surface area contributed by atoms with Gasteiger partial charge in [-0.3, -0.25) is 0 Å². The van der Waals surface area contributed by atoms with Crippen molar-refractivity contribution in [1.29, 1.82) is 0 Å². The summed E-state index contributed by atoms with van der Waals surface area (Å²) < 4.78 is 0. The van der Waals surface area contributed by atoms with Crippen LogP contribution < -0.4 is 0 Å². The molecule has 0 aliphatic carbocycles. The summed E-state index contributed by atoms with van der Waals surface area (Å²) in [5, 5.41) is -0.274. The molecule has 0 aliphatic heterocycles. The largest absolute Gasteiger partial charge is 0.350 e. The van der Waals surface area contributed by atoms with Gasteiger partial charge in [0.25, 0.3) is 0 Å². The van der Waals surface area contributed by atoms with Crippen LogP contribution in [0.25, 0.3) is 0 Å². The van der Waals surface area contributed by atoms with E-state index in [1.807, 2.05) is 20.8 Å². The lowest BCUT2D eigenvalue weighted by Crippen LogP contribution is -2.15. The quantitative estimate of drug-likeness (QED) is 0.603. The Hall–Kier alpha value is 0.350. The van der Waals surface area contributed by atoms with E-state index in [0.717, 1.165) is 12.8 Å². The van der Waals surface area contributed by atoms with E-state index in [1.165, 1.54) is 0 Å². The Balaban J connectivity index is 3.70. The average molecular weight is 150 g/mol. The molecule has 0 amide bonds. The van der Waals surface area contributed by atoms with Crippen molar-refractivity contribution in [3.8, 4) is 0 Å². The summed E-state index contributed by atoms with van der Waals surface area (Å²) in [5.74, 6) is 0. The zero-order valence-corrected chi connectivity index (χ0v) is 7.15. The van der Waals surface area contributed by atoms with E-state index < -0.39 is 8.38 Å². The summed E-state index contributed by atoms with van der Waals surface area (Å²) in [6.45, 7) is 5.80. The van der Waals surface area contributed by atoms with Crippen LogP contribution in [0.3, 0.4) is 0 Å². The van der Waals surface area contributed by atoms with Gasteiger partial charge in [-0.05, 0) is 6.42 Å². The molecule has 56 valence electrons. The first-order valence-corrected chi connectivity index (χ1v) is 4.43. The predicted molar refractivity (Wildman–Crippen MR) is 40.3 cm³/mol. The van der Waals surface area contributed by atoms with Crippen LogP contribution in [0, 0.1) is 0 Å². The predicted octanol–water partition coefficient (Wildman–Crippen LogP) is 1.86. The van der Waals surface area contributed by atoms with Crippen LogP contribution in [0.4, 0.5) is 0 Å². The Morgan fingerprint density at radius 1 is 1.33 bits per heavy atom. The van der Waals surface area contributed by atoms with Gasteiger partial charge in [0, 0.05) is 5.16 Å². The second-order valence-electron chi connectivity index (χ2n) is 2.85. The fourth-order valence-electron chi connectivity index (χ4n) is 0.712. The van der Waals surface area contributed by atoms with Crippen molar-refractivity contribution in [2.24, 2.45) is 0 Å². The van der Waals surface area contributed by atoms with Gasteiger partial charge in [0.2, 0.25) is 0 Å². The molecule has 0 aromatic heterocycles. The maximum absolute atomic E-state index is 8.83. The Labute approximate surface area is 57.8 Å². The fourth-order valence-corrected chi connectivity index (χ4v) is 1.14. The van der Waals surface area contributed by atoms with E-state index >= 15 is 0 Å². The van der Waals surface area contributed by atoms with Gasteiger partial charge in [0.05, 0.1) is 0 Å². The van der Waals surface area contributed by atoms with Crippen LogP contribution in [0.15, 0.2) is 0 Å². The molecule has 0 aliphatic rings. The van der Waals surface area contributed by atoms with Crippen LogP contribution in [-0.4, -0.2) is 14.9 Å². The molecule has 2 N–H and O–H groups in total. The van der Waals surface area contributed by atoms with Gasteiger partial charge in [-0.25, -0.2) is 0 Å². The Bertz CT molecular complexity index is 81.1. The minimum atomic E-state index is -1.75. The average Bonchev–Trinajstić information content (AvgIpc) is 1.65. The summed E-state index contributed by atoms with van der Waals surface area (Å²) in [4.78, 5) is 17.7. The Morgan fingerprint density at radius 2 is 1.78 bits per heavy atom. The van der Waals surface area contributed by atoms with Crippen molar-refractivity contribution in [2.45, 2.75) is 38.8 Å². The van der Waals surface area contributed by atoms with Gasteiger partial charge < -0.3 is 9.79 Å². The molecule has 0 saturated carbocycles. The summed E-state index contributed by atoms with van der Waals surface area (Å²) >= 11 is 0. The van der Waals surface area contributed by atoms with Crippen LogP contribution in [0.1, 0.15) is 33.6 Å². The van der Waals surface area contributed by atoms with Crippen molar-refractivity contribution < 1.29 is 9.79 Å². The first kappa shape index (κ1) is 9.35. The van der Waals surface area contributed by atoms with Crippen LogP contribution in [0.2, 0.25) is 0 Å². The van der Waals surface area contributed by atoms with Crippen LogP contribution >= 0.6 is 8.38 Å². The van der Waals surface area contributed by atoms with E-state index in [2.05, 4.69) is 0 Å². The number of rotatable bonds is 3. The number of hydrogen-bond acceptors (Lipinski definition) is 2. The summed E-state index contributed by atoms with van der Waals surface area (Å²) in [6, 6.07) is 0. The van der Waals surface area contributed by atoms with Gasteiger partial charge >= 0.3 is 0 Å². The summed E-state index contributed by atoms with van der Waals surface area (Å²) in [6.07, 6.45) is 1.89. The molecule has 0 saturated heterocycles. The van der Waals surface area contributed by atoms with Crippen LogP contribution in [0.5, 0.6) is 0 Å². The summed E-state index contributed by atoms with van der Waals surface area (Å²) in [5.41, 5.74) is 0. The smallest absolute Gasteiger partial charge is 0.171 e. The molecular weight excluding hydrogens is 135 g/mol. The van der Waals surface area contributed by atoms with Crippen molar-refractivity contribution in [3.05, 3.63) is 0 Å². The molecule has 3 heteroatoms. The molecule has 0 heterocycles. The second kappa shape index (κ2) is 3.50. The van der Waals surface area contributed by atoms with E-state index in [4.69, 9.17) is 9.79 Å². The molecule has 0 aromatic rings. The normalized spacial score (nSPS) is 12.7. The minimum absolute atomic E-state index is 0.274. The lowest BCUT2D eigenvalue weighted by Gasteiger charge is -2.24. The molecule has 0 atom stereocenters. The van der Waals surface area contributed by atoms with Crippen LogP contribution in [-0.2, 0) is 0 Å².